The van der Waals surface area contributed by atoms with Crippen LogP contribution < -0.4 is 10.6 Å². The lowest BCUT2D eigenvalue weighted by atomic mass is 10.0. The minimum Gasteiger partial charge on any atom is -0.468 e. The topological polar surface area (TPSA) is 134 Å². The van der Waals surface area contributed by atoms with Crippen molar-refractivity contribution < 1.29 is 33.8 Å². The fraction of sp³-hybridized carbons (Fsp3) is 0.556. The summed E-state index contributed by atoms with van der Waals surface area (Å²) in [4.78, 5) is 52.3. The summed E-state index contributed by atoms with van der Waals surface area (Å²) in [5.41, 5.74) is 0.208. The molecular weight excluding hydrogens is 478 g/mol. The van der Waals surface area contributed by atoms with E-state index in [2.05, 4.69) is 21.3 Å². The summed E-state index contributed by atoms with van der Waals surface area (Å²) in [7, 11) is 1.20. The van der Waals surface area contributed by atoms with Crippen molar-refractivity contribution in [2.75, 3.05) is 26.8 Å². The largest absolute Gasteiger partial charge is 0.468 e. The van der Waals surface area contributed by atoms with Gasteiger partial charge in [-0.3, -0.25) is 14.4 Å². The van der Waals surface area contributed by atoms with Gasteiger partial charge in [-0.1, -0.05) is 44.2 Å². The van der Waals surface area contributed by atoms with Crippen LogP contribution in [0.1, 0.15) is 70.5 Å². The van der Waals surface area contributed by atoms with E-state index in [1.54, 1.807) is 45.0 Å². The molecule has 3 amide bonds. The number of terminal acetylenes is 1. The van der Waals surface area contributed by atoms with Gasteiger partial charge in [0.05, 0.1) is 13.7 Å². The molecule has 1 aromatic rings. The Hall–Kier alpha value is -3.58. The second-order valence-electron chi connectivity index (χ2n) is 9.44. The number of hydrogen-bond donors (Lipinski definition) is 3. The fourth-order valence-electron chi connectivity index (χ4n) is 3.47. The Balaban J connectivity index is 3.40. The number of aliphatic hydroxyl groups excluding tert-OH is 1. The monoisotopic (exact) mass is 517 g/mol. The summed E-state index contributed by atoms with van der Waals surface area (Å²) in [5.74, 6) is 0.539. The van der Waals surface area contributed by atoms with Crippen LogP contribution in [0.2, 0.25) is 0 Å². The molecule has 37 heavy (non-hydrogen) atoms. The van der Waals surface area contributed by atoms with Crippen LogP contribution in [0, 0.1) is 12.3 Å². The summed E-state index contributed by atoms with van der Waals surface area (Å²) in [6.45, 7) is 6.11. The molecule has 10 nitrogen and oxygen atoms in total. The number of nitrogens with one attached hydrogen (secondary N) is 2. The molecule has 10 heteroatoms. The van der Waals surface area contributed by atoms with Crippen molar-refractivity contribution in [1.82, 2.24) is 15.5 Å². The molecule has 204 valence electrons. The normalized spacial score (nSPS) is 12.5. The third kappa shape index (κ3) is 10.9. The summed E-state index contributed by atoms with van der Waals surface area (Å²) in [5, 5.41) is 14.9. The SMILES string of the molecule is C#Cc1ccc(C(C(=O)NCC(=O)OC)N(CCCCCC)C(=O)C(CO)NC(=O)OC(C)(C)C)cc1. The number of aliphatic hydroxyl groups is 1. The minimum absolute atomic E-state index is 0.165. The molecule has 0 aliphatic rings. The average molecular weight is 518 g/mol. The number of alkyl carbamates (subject to hydrolysis) is 1. The lowest BCUT2D eigenvalue weighted by molar-refractivity contribution is -0.145. The van der Waals surface area contributed by atoms with E-state index in [4.69, 9.17) is 11.2 Å². The van der Waals surface area contributed by atoms with Gasteiger partial charge in [-0.2, -0.15) is 0 Å². The summed E-state index contributed by atoms with van der Waals surface area (Å²) < 4.78 is 9.83. The van der Waals surface area contributed by atoms with Gasteiger partial charge < -0.3 is 30.1 Å². The van der Waals surface area contributed by atoms with Crippen molar-refractivity contribution in [2.24, 2.45) is 0 Å². The number of amides is 3. The van der Waals surface area contributed by atoms with E-state index in [9.17, 15) is 24.3 Å². The van der Waals surface area contributed by atoms with Crippen LogP contribution >= 0.6 is 0 Å². The van der Waals surface area contributed by atoms with Gasteiger partial charge in [-0.05, 0) is 44.9 Å². The predicted molar refractivity (Wildman–Crippen MR) is 138 cm³/mol. The number of esters is 1. The highest BCUT2D eigenvalue weighted by Gasteiger charge is 2.36. The smallest absolute Gasteiger partial charge is 0.408 e. The van der Waals surface area contributed by atoms with Crippen LogP contribution in [0.5, 0.6) is 0 Å². The summed E-state index contributed by atoms with van der Waals surface area (Å²) >= 11 is 0. The maximum atomic E-state index is 13.7. The fourth-order valence-corrected chi connectivity index (χ4v) is 3.47. The molecule has 0 spiro atoms. The summed E-state index contributed by atoms with van der Waals surface area (Å²) in [6, 6.07) is 4.00. The Morgan fingerprint density at radius 3 is 2.27 bits per heavy atom. The second-order valence-corrected chi connectivity index (χ2v) is 9.44. The van der Waals surface area contributed by atoms with Gasteiger partial charge in [0, 0.05) is 12.1 Å². The van der Waals surface area contributed by atoms with Gasteiger partial charge >= 0.3 is 12.1 Å². The molecular formula is C27H39N3O7. The number of benzene rings is 1. The number of carbonyl (C=O) groups is 4. The molecule has 1 aromatic carbocycles. The van der Waals surface area contributed by atoms with Crippen molar-refractivity contribution in [1.29, 1.82) is 0 Å². The number of unbranched alkanes of at least 4 members (excludes halogenated alkanes) is 3. The molecule has 1 rings (SSSR count). The predicted octanol–water partition coefficient (Wildman–Crippen LogP) is 2.29. The first-order valence-electron chi connectivity index (χ1n) is 12.3. The molecule has 0 saturated carbocycles. The van der Waals surface area contributed by atoms with Crippen LogP contribution in [0.3, 0.4) is 0 Å². The van der Waals surface area contributed by atoms with E-state index in [0.717, 1.165) is 19.3 Å². The number of rotatable bonds is 13. The number of hydrogen-bond acceptors (Lipinski definition) is 7. The first kappa shape index (κ1) is 31.4. The van der Waals surface area contributed by atoms with Crippen LogP contribution in [-0.4, -0.2) is 72.3 Å². The molecule has 0 bridgehead atoms. The zero-order valence-corrected chi connectivity index (χ0v) is 22.3. The van der Waals surface area contributed by atoms with Gasteiger partial charge in [-0.15, -0.1) is 6.42 Å². The highest BCUT2D eigenvalue weighted by molar-refractivity contribution is 5.93. The van der Waals surface area contributed by atoms with Crippen LogP contribution in [0.4, 0.5) is 4.79 Å². The second kappa shape index (κ2) is 15.5. The zero-order valence-electron chi connectivity index (χ0n) is 22.3. The Morgan fingerprint density at radius 1 is 1.11 bits per heavy atom. The highest BCUT2D eigenvalue weighted by Crippen LogP contribution is 2.24. The highest BCUT2D eigenvalue weighted by atomic mass is 16.6. The Morgan fingerprint density at radius 2 is 1.76 bits per heavy atom. The first-order chi connectivity index (χ1) is 17.5. The van der Waals surface area contributed by atoms with Gasteiger partial charge in [0.15, 0.2) is 0 Å². The van der Waals surface area contributed by atoms with E-state index in [1.807, 2.05) is 6.92 Å². The van der Waals surface area contributed by atoms with E-state index in [-0.39, 0.29) is 6.54 Å². The molecule has 0 radical (unpaired) electrons. The molecule has 0 saturated heterocycles. The van der Waals surface area contributed by atoms with Crippen molar-refractivity contribution in [3.8, 4) is 12.3 Å². The van der Waals surface area contributed by atoms with Crippen LogP contribution in [-0.2, 0) is 23.9 Å². The first-order valence-corrected chi connectivity index (χ1v) is 12.3. The van der Waals surface area contributed by atoms with Crippen molar-refractivity contribution in [3.63, 3.8) is 0 Å². The van der Waals surface area contributed by atoms with Crippen LogP contribution in [0.25, 0.3) is 0 Å². The Kier molecular flexibility index (Phi) is 13.2. The van der Waals surface area contributed by atoms with E-state index in [0.29, 0.717) is 17.5 Å². The molecule has 2 atom stereocenters. The van der Waals surface area contributed by atoms with Crippen molar-refractivity contribution in [2.45, 2.75) is 71.1 Å². The standard InChI is InChI=1S/C27H39N3O7/c1-7-9-10-11-16-30(25(34)21(18-31)29-26(35)37-27(3,4)5)23(24(33)28-17-22(32)36-6)20-14-12-19(8-2)13-15-20/h2,12-15,21,23,31H,7,9-11,16-18H2,1,3-6H3,(H,28,33)(H,29,35). The third-order valence-electron chi connectivity index (χ3n) is 5.30. The van der Waals surface area contributed by atoms with Crippen LogP contribution in [0.15, 0.2) is 24.3 Å². The van der Waals surface area contributed by atoms with E-state index in [1.165, 1.54) is 12.0 Å². The number of ether oxygens (including phenoxy) is 2. The molecule has 0 aliphatic carbocycles. The number of nitrogens with zero attached hydrogens (tertiary/aromatic N) is 1. The molecule has 2 unspecified atom stereocenters. The minimum atomic E-state index is -1.36. The van der Waals surface area contributed by atoms with Gasteiger partial charge in [0.2, 0.25) is 11.8 Å². The molecule has 3 N–H and O–H groups in total. The average Bonchev–Trinajstić information content (AvgIpc) is 2.86. The zero-order chi connectivity index (χ0) is 28.0. The Bertz CT molecular complexity index is 948. The maximum absolute atomic E-state index is 13.7. The van der Waals surface area contributed by atoms with E-state index < -0.39 is 54.7 Å². The van der Waals surface area contributed by atoms with Gasteiger partial charge in [0.1, 0.15) is 24.2 Å². The number of methoxy groups -OCH3 is 1. The van der Waals surface area contributed by atoms with E-state index >= 15 is 0 Å². The summed E-state index contributed by atoms with van der Waals surface area (Å²) in [6.07, 6.45) is 7.85. The number of carbonyl (C=O) groups excluding carboxylic acids is 4. The molecule has 0 fully saturated rings. The molecule has 0 aromatic heterocycles. The molecule has 0 heterocycles. The lowest BCUT2D eigenvalue weighted by Gasteiger charge is -2.34. The Labute approximate surface area is 219 Å². The van der Waals surface area contributed by atoms with Gasteiger partial charge in [0.25, 0.3) is 0 Å². The maximum Gasteiger partial charge on any atom is 0.408 e. The van der Waals surface area contributed by atoms with Gasteiger partial charge in [-0.25, -0.2) is 4.79 Å². The quantitative estimate of drug-likeness (QED) is 0.208. The molecule has 0 aliphatic heterocycles. The van der Waals surface area contributed by atoms with Crippen molar-refractivity contribution >= 4 is 23.9 Å². The third-order valence-corrected chi connectivity index (χ3v) is 5.30. The van der Waals surface area contributed by atoms with Crippen molar-refractivity contribution in [3.05, 3.63) is 35.4 Å². The lowest BCUT2D eigenvalue weighted by Crippen LogP contribution is -2.54.